The highest BCUT2D eigenvalue weighted by atomic mass is 16.5. The third kappa shape index (κ3) is 3.83. The SMILES string of the molecule is COCc1ccccc1CNC(=O)c1ccc(C)cc1O. The molecular formula is C17H19NO3. The van der Waals surface area contributed by atoms with Crippen molar-refractivity contribution in [3.63, 3.8) is 0 Å². The zero-order chi connectivity index (χ0) is 15.2. The monoisotopic (exact) mass is 285 g/mol. The number of nitrogens with one attached hydrogen (secondary N) is 1. The molecule has 4 heteroatoms. The van der Waals surface area contributed by atoms with Gasteiger partial charge in [0.05, 0.1) is 12.2 Å². The summed E-state index contributed by atoms with van der Waals surface area (Å²) in [5.74, 6) is -0.294. The number of hydrogen-bond acceptors (Lipinski definition) is 3. The number of methoxy groups -OCH3 is 1. The smallest absolute Gasteiger partial charge is 0.255 e. The van der Waals surface area contributed by atoms with Gasteiger partial charge in [0.25, 0.3) is 5.91 Å². The molecule has 2 aromatic carbocycles. The van der Waals surface area contributed by atoms with Crippen molar-refractivity contribution in [1.29, 1.82) is 0 Å². The quantitative estimate of drug-likeness (QED) is 0.888. The first-order valence-electron chi connectivity index (χ1n) is 6.75. The van der Waals surface area contributed by atoms with Crippen molar-refractivity contribution in [1.82, 2.24) is 5.32 Å². The van der Waals surface area contributed by atoms with Crippen molar-refractivity contribution in [2.45, 2.75) is 20.1 Å². The van der Waals surface area contributed by atoms with E-state index < -0.39 is 0 Å². The number of carbonyl (C=O) groups excluding carboxylic acids is 1. The molecule has 0 spiro atoms. The Morgan fingerprint density at radius 2 is 1.90 bits per heavy atom. The number of rotatable bonds is 5. The van der Waals surface area contributed by atoms with E-state index in [0.29, 0.717) is 13.2 Å². The fourth-order valence-electron chi connectivity index (χ4n) is 2.13. The molecule has 2 rings (SSSR count). The minimum absolute atomic E-state index is 0.00215. The number of hydrogen-bond donors (Lipinski definition) is 2. The maximum Gasteiger partial charge on any atom is 0.255 e. The van der Waals surface area contributed by atoms with Crippen LogP contribution in [0.4, 0.5) is 0 Å². The summed E-state index contributed by atoms with van der Waals surface area (Å²) < 4.78 is 5.14. The van der Waals surface area contributed by atoms with Crippen LogP contribution in [0.3, 0.4) is 0 Å². The van der Waals surface area contributed by atoms with Gasteiger partial charge in [-0.2, -0.15) is 0 Å². The Hall–Kier alpha value is -2.33. The molecule has 0 aliphatic carbocycles. The molecule has 0 saturated heterocycles. The van der Waals surface area contributed by atoms with Crippen molar-refractivity contribution < 1.29 is 14.6 Å². The average Bonchev–Trinajstić information content (AvgIpc) is 2.46. The molecule has 2 N–H and O–H groups in total. The largest absolute Gasteiger partial charge is 0.507 e. The van der Waals surface area contributed by atoms with Crippen LogP contribution < -0.4 is 5.32 Å². The van der Waals surface area contributed by atoms with Gasteiger partial charge in [-0.25, -0.2) is 0 Å². The average molecular weight is 285 g/mol. The van der Waals surface area contributed by atoms with Gasteiger partial charge in [-0.05, 0) is 35.7 Å². The number of aryl methyl sites for hydroxylation is 1. The zero-order valence-corrected chi connectivity index (χ0v) is 12.2. The molecule has 110 valence electrons. The van der Waals surface area contributed by atoms with Gasteiger partial charge in [-0.1, -0.05) is 30.3 Å². The molecule has 21 heavy (non-hydrogen) atoms. The van der Waals surface area contributed by atoms with Crippen LogP contribution >= 0.6 is 0 Å². The molecule has 0 unspecified atom stereocenters. The molecule has 2 aromatic rings. The number of aromatic hydroxyl groups is 1. The van der Waals surface area contributed by atoms with E-state index in [1.54, 1.807) is 25.3 Å². The van der Waals surface area contributed by atoms with Gasteiger partial charge in [0.2, 0.25) is 0 Å². The van der Waals surface area contributed by atoms with Gasteiger partial charge < -0.3 is 15.2 Å². The number of amides is 1. The van der Waals surface area contributed by atoms with E-state index in [0.717, 1.165) is 16.7 Å². The van der Waals surface area contributed by atoms with E-state index in [2.05, 4.69) is 5.32 Å². The number of phenolic OH excluding ortho intramolecular Hbond substituents is 1. The Morgan fingerprint density at radius 3 is 2.57 bits per heavy atom. The first-order valence-corrected chi connectivity index (χ1v) is 6.75. The molecule has 1 amide bonds. The van der Waals surface area contributed by atoms with Crippen LogP contribution in [0.15, 0.2) is 42.5 Å². The second-order valence-electron chi connectivity index (χ2n) is 4.91. The van der Waals surface area contributed by atoms with Gasteiger partial charge in [0.1, 0.15) is 5.75 Å². The lowest BCUT2D eigenvalue weighted by Gasteiger charge is -2.11. The molecule has 0 saturated carbocycles. The van der Waals surface area contributed by atoms with Gasteiger partial charge >= 0.3 is 0 Å². The summed E-state index contributed by atoms with van der Waals surface area (Å²) in [4.78, 5) is 12.1. The number of ether oxygens (including phenoxy) is 1. The third-order valence-corrected chi connectivity index (χ3v) is 3.26. The van der Waals surface area contributed by atoms with Crippen LogP contribution in [-0.2, 0) is 17.9 Å². The van der Waals surface area contributed by atoms with Crippen molar-refractivity contribution >= 4 is 5.91 Å². The second-order valence-corrected chi connectivity index (χ2v) is 4.91. The van der Waals surface area contributed by atoms with Gasteiger partial charge in [-0.15, -0.1) is 0 Å². The van der Waals surface area contributed by atoms with Gasteiger partial charge in [0.15, 0.2) is 0 Å². The van der Waals surface area contributed by atoms with Crippen LogP contribution in [0.1, 0.15) is 27.0 Å². The maximum atomic E-state index is 12.1. The van der Waals surface area contributed by atoms with E-state index >= 15 is 0 Å². The summed E-state index contributed by atoms with van der Waals surface area (Å²) in [6.07, 6.45) is 0. The molecule has 4 nitrogen and oxygen atoms in total. The first kappa shape index (κ1) is 15.1. The fourth-order valence-corrected chi connectivity index (χ4v) is 2.13. The molecule has 0 atom stereocenters. The molecule has 0 aliphatic heterocycles. The summed E-state index contributed by atoms with van der Waals surface area (Å²) in [5, 5.41) is 12.6. The van der Waals surface area contributed by atoms with Crippen LogP contribution in [0.2, 0.25) is 0 Å². The predicted octanol–water partition coefficient (Wildman–Crippen LogP) is 2.78. The normalized spacial score (nSPS) is 10.4. The summed E-state index contributed by atoms with van der Waals surface area (Å²) in [5.41, 5.74) is 3.23. The summed E-state index contributed by atoms with van der Waals surface area (Å²) in [6.45, 7) is 2.76. The molecular weight excluding hydrogens is 266 g/mol. The zero-order valence-electron chi connectivity index (χ0n) is 12.2. The van der Waals surface area contributed by atoms with E-state index in [-0.39, 0.29) is 17.2 Å². The van der Waals surface area contributed by atoms with Crippen molar-refractivity contribution in [2.24, 2.45) is 0 Å². The molecule has 0 aromatic heterocycles. The number of phenols is 1. The lowest BCUT2D eigenvalue weighted by Crippen LogP contribution is -2.23. The highest BCUT2D eigenvalue weighted by Crippen LogP contribution is 2.18. The predicted molar refractivity (Wildman–Crippen MR) is 81.2 cm³/mol. The van der Waals surface area contributed by atoms with E-state index in [4.69, 9.17) is 4.74 Å². The Balaban J connectivity index is 2.07. The van der Waals surface area contributed by atoms with Crippen LogP contribution in [0.5, 0.6) is 5.75 Å². The minimum Gasteiger partial charge on any atom is -0.507 e. The summed E-state index contributed by atoms with van der Waals surface area (Å²) in [6, 6.07) is 12.8. The van der Waals surface area contributed by atoms with Gasteiger partial charge in [-0.3, -0.25) is 4.79 Å². The molecule has 0 bridgehead atoms. The van der Waals surface area contributed by atoms with E-state index in [1.807, 2.05) is 31.2 Å². The summed E-state index contributed by atoms with van der Waals surface area (Å²) in [7, 11) is 1.64. The topological polar surface area (TPSA) is 58.6 Å². The molecule has 0 heterocycles. The van der Waals surface area contributed by atoms with Crippen molar-refractivity contribution in [3.8, 4) is 5.75 Å². The number of carbonyl (C=O) groups is 1. The lowest BCUT2D eigenvalue weighted by atomic mass is 10.1. The van der Waals surface area contributed by atoms with E-state index in [1.165, 1.54) is 0 Å². The first-order chi connectivity index (χ1) is 10.1. The van der Waals surface area contributed by atoms with Gasteiger partial charge in [0, 0.05) is 13.7 Å². The highest BCUT2D eigenvalue weighted by Gasteiger charge is 2.11. The Kier molecular flexibility index (Phi) is 4.95. The third-order valence-electron chi connectivity index (χ3n) is 3.26. The fraction of sp³-hybridized carbons (Fsp3) is 0.235. The van der Waals surface area contributed by atoms with Crippen LogP contribution in [0.25, 0.3) is 0 Å². The highest BCUT2D eigenvalue weighted by molar-refractivity contribution is 5.96. The Labute approximate surface area is 124 Å². The Bertz CT molecular complexity index is 638. The van der Waals surface area contributed by atoms with Crippen molar-refractivity contribution in [2.75, 3.05) is 7.11 Å². The number of benzene rings is 2. The maximum absolute atomic E-state index is 12.1. The van der Waals surface area contributed by atoms with Crippen molar-refractivity contribution in [3.05, 3.63) is 64.7 Å². The molecule has 0 fully saturated rings. The van der Waals surface area contributed by atoms with Crippen LogP contribution in [-0.4, -0.2) is 18.1 Å². The second kappa shape index (κ2) is 6.90. The standard InChI is InChI=1S/C17H19NO3/c1-12-7-8-15(16(19)9-12)17(20)18-10-13-5-3-4-6-14(13)11-21-2/h3-9,19H,10-11H2,1-2H3,(H,18,20). The van der Waals surface area contributed by atoms with E-state index in [9.17, 15) is 9.90 Å². The lowest BCUT2D eigenvalue weighted by molar-refractivity contribution is 0.0948. The minimum atomic E-state index is -0.292. The molecule has 0 aliphatic rings. The molecule has 0 radical (unpaired) electrons. The summed E-state index contributed by atoms with van der Waals surface area (Å²) >= 11 is 0. The Morgan fingerprint density at radius 1 is 1.19 bits per heavy atom. The van der Waals surface area contributed by atoms with Crippen LogP contribution in [0, 0.1) is 6.92 Å².